The van der Waals surface area contributed by atoms with E-state index in [9.17, 15) is 13.2 Å². The Balaban J connectivity index is 3.36. The van der Waals surface area contributed by atoms with Crippen molar-refractivity contribution in [1.82, 2.24) is 0 Å². The molecule has 3 nitrogen and oxygen atoms in total. The molecular weight excluding hydrogens is 151 g/mol. The lowest BCUT2D eigenvalue weighted by molar-refractivity contribution is -0.326. The fourth-order valence-corrected chi connectivity index (χ4v) is 0.254. The largest absolute Gasteiger partial charge is 0.522 e. The maximum absolute atomic E-state index is 11.2. The molecule has 0 aliphatic rings. The van der Waals surface area contributed by atoms with Crippen molar-refractivity contribution >= 4 is 0 Å². The molecule has 3 N–H and O–H groups in total. The summed E-state index contributed by atoms with van der Waals surface area (Å²) in [7, 11) is 0. The van der Waals surface area contributed by atoms with Gasteiger partial charge in [-0.05, 0) is 0 Å². The van der Waals surface area contributed by atoms with Crippen molar-refractivity contribution in [1.29, 1.82) is 0 Å². The maximum Gasteiger partial charge on any atom is 0.522 e. The monoisotopic (exact) mass is 159 g/mol. The highest BCUT2D eigenvalue weighted by molar-refractivity contribution is 4.55. The highest BCUT2D eigenvalue weighted by Crippen LogP contribution is 2.15. The van der Waals surface area contributed by atoms with Crippen LogP contribution in [0.3, 0.4) is 0 Å². The van der Waals surface area contributed by atoms with E-state index in [1.807, 2.05) is 0 Å². The van der Waals surface area contributed by atoms with Crippen LogP contribution in [-0.4, -0.2) is 30.7 Å². The third-order valence-electron chi connectivity index (χ3n) is 0.696. The van der Waals surface area contributed by atoms with E-state index < -0.39 is 25.6 Å². The standard InChI is InChI=1S/C4H8F3NO2/c5-4(6,7)10-2-3(8)1-9/h3,9H,1-2,8H2. The van der Waals surface area contributed by atoms with Crippen LogP contribution >= 0.6 is 0 Å². The van der Waals surface area contributed by atoms with Gasteiger partial charge in [-0.25, -0.2) is 0 Å². The fraction of sp³-hybridized carbons (Fsp3) is 1.00. The minimum absolute atomic E-state index is 0.518. The molecule has 1 unspecified atom stereocenters. The molecule has 0 aliphatic heterocycles. The van der Waals surface area contributed by atoms with E-state index in [2.05, 4.69) is 4.74 Å². The lowest BCUT2D eigenvalue weighted by atomic mass is 10.4. The zero-order chi connectivity index (χ0) is 8.20. The molecule has 0 rings (SSSR count). The minimum Gasteiger partial charge on any atom is -0.395 e. The van der Waals surface area contributed by atoms with Crippen molar-refractivity contribution in [3.8, 4) is 0 Å². The van der Waals surface area contributed by atoms with E-state index in [4.69, 9.17) is 10.8 Å². The predicted molar refractivity (Wildman–Crippen MR) is 27.1 cm³/mol. The third-order valence-corrected chi connectivity index (χ3v) is 0.696. The summed E-state index contributed by atoms with van der Waals surface area (Å²) in [4.78, 5) is 0. The van der Waals surface area contributed by atoms with Crippen LogP contribution in [0.2, 0.25) is 0 Å². The molecule has 0 aromatic heterocycles. The number of aliphatic hydroxyl groups excluding tert-OH is 1. The van der Waals surface area contributed by atoms with Crippen LogP contribution in [0.25, 0.3) is 0 Å². The Hall–Kier alpha value is -0.330. The maximum atomic E-state index is 11.2. The summed E-state index contributed by atoms with van der Waals surface area (Å²) in [5.74, 6) is 0. The number of ether oxygens (including phenoxy) is 1. The highest BCUT2D eigenvalue weighted by atomic mass is 19.4. The molecule has 10 heavy (non-hydrogen) atoms. The molecule has 0 bridgehead atoms. The summed E-state index contributed by atoms with van der Waals surface area (Å²) in [6, 6.07) is -0.971. The first-order valence-corrected chi connectivity index (χ1v) is 2.53. The molecule has 62 valence electrons. The van der Waals surface area contributed by atoms with Crippen LogP contribution in [-0.2, 0) is 4.74 Å². The highest BCUT2D eigenvalue weighted by Gasteiger charge is 2.29. The van der Waals surface area contributed by atoms with Gasteiger partial charge in [0.25, 0.3) is 0 Å². The Morgan fingerprint density at radius 1 is 1.50 bits per heavy atom. The van der Waals surface area contributed by atoms with Crippen molar-refractivity contribution in [2.75, 3.05) is 13.2 Å². The first-order valence-electron chi connectivity index (χ1n) is 2.53. The number of halogens is 3. The summed E-state index contributed by atoms with van der Waals surface area (Å²) in [6.45, 7) is -1.23. The topological polar surface area (TPSA) is 55.5 Å². The Morgan fingerprint density at radius 2 is 2.00 bits per heavy atom. The Morgan fingerprint density at radius 3 is 2.30 bits per heavy atom. The molecule has 1 atom stereocenters. The molecular formula is C4H8F3NO2. The van der Waals surface area contributed by atoms with Gasteiger partial charge < -0.3 is 10.8 Å². The molecule has 0 spiro atoms. The van der Waals surface area contributed by atoms with Crippen molar-refractivity contribution in [2.24, 2.45) is 5.73 Å². The van der Waals surface area contributed by atoms with E-state index in [0.29, 0.717) is 0 Å². The van der Waals surface area contributed by atoms with Crippen LogP contribution in [0, 0.1) is 0 Å². The van der Waals surface area contributed by atoms with E-state index in [-0.39, 0.29) is 0 Å². The second-order valence-corrected chi connectivity index (χ2v) is 1.70. The summed E-state index contributed by atoms with van der Waals surface area (Å²) >= 11 is 0. The molecule has 0 saturated carbocycles. The van der Waals surface area contributed by atoms with Gasteiger partial charge in [-0.3, -0.25) is 4.74 Å². The number of hydrogen-bond acceptors (Lipinski definition) is 3. The number of hydrogen-bond donors (Lipinski definition) is 2. The van der Waals surface area contributed by atoms with Gasteiger partial charge in [0.1, 0.15) is 0 Å². The van der Waals surface area contributed by atoms with Crippen molar-refractivity contribution in [2.45, 2.75) is 12.4 Å². The van der Waals surface area contributed by atoms with Gasteiger partial charge >= 0.3 is 6.36 Å². The zero-order valence-electron chi connectivity index (χ0n) is 5.06. The third kappa shape index (κ3) is 5.80. The van der Waals surface area contributed by atoms with Crippen LogP contribution < -0.4 is 5.73 Å². The van der Waals surface area contributed by atoms with Gasteiger partial charge in [0.2, 0.25) is 0 Å². The lowest BCUT2D eigenvalue weighted by Crippen LogP contribution is -2.33. The Labute approximate surface area is 55.6 Å². The molecule has 0 saturated heterocycles. The molecule has 0 fully saturated rings. The fourth-order valence-electron chi connectivity index (χ4n) is 0.254. The SMILES string of the molecule is NC(CO)COC(F)(F)F. The summed E-state index contributed by atoms with van der Waals surface area (Å²) < 4.78 is 36.9. The van der Waals surface area contributed by atoms with Gasteiger partial charge in [0, 0.05) is 0 Å². The van der Waals surface area contributed by atoms with Gasteiger partial charge in [0.15, 0.2) is 0 Å². The van der Waals surface area contributed by atoms with Crippen molar-refractivity contribution < 1.29 is 23.0 Å². The van der Waals surface area contributed by atoms with E-state index in [0.717, 1.165) is 0 Å². The van der Waals surface area contributed by atoms with Crippen LogP contribution in [0.4, 0.5) is 13.2 Å². The first-order chi connectivity index (χ1) is 4.45. The molecule has 0 radical (unpaired) electrons. The number of rotatable bonds is 3. The second-order valence-electron chi connectivity index (χ2n) is 1.70. The van der Waals surface area contributed by atoms with E-state index in [1.54, 1.807) is 0 Å². The molecule has 0 aromatic rings. The van der Waals surface area contributed by atoms with Gasteiger partial charge in [-0.2, -0.15) is 0 Å². The molecule has 0 amide bonds. The molecule has 0 aromatic carbocycles. The van der Waals surface area contributed by atoms with Crippen LogP contribution in [0.5, 0.6) is 0 Å². The van der Waals surface area contributed by atoms with Gasteiger partial charge in [0.05, 0.1) is 19.3 Å². The predicted octanol–water partition coefficient (Wildman–Crippen LogP) is -0.158. The minimum atomic E-state index is -4.66. The van der Waals surface area contributed by atoms with Gasteiger partial charge in [-0.15, -0.1) is 13.2 Å². The summed E-state index contributed by atoms with van der Waals surface area (Å²) in [5, 5.41) is 8.16. The van der Waals surface area contributed by atoms with Gasteiger partial charge in [-0.1, -0.05) is 0 Å². The first kappa shape index (κ1) is 9.67. The molecule has 0 aliphatic carbocycles. The Kier molecular flexibility index (Phi) is 3.62. The average molecular weight is 159 g/mol. The summed E-state index contributed by atoms with van der Waals surface area (Å²) in [6.07, 6.45) is -4.66. The lowest BCUT2D eigenvalue weighted by Gasteiger charge is -2.10. The average Bonchev–Trinajstić information content (AvgIpc) is 1.81. The number of alkyl halides is 3. The molecule has 6 heteroatoms. The zero-order valence-corrected chi connectivity index (χ0v) is 5.06. The summed E-state index contributed by atoms with van der Waals surface area (Å²) in [5.41, 5.74) is 4.91. The van der Waals surface area contributed by atoms with Crippen LogP contribution in [0.15, 0.2) is 0 Å². The smallest absolute Gasteiger partial charge is 0.395 e. The number of aliphatic hydroxyl groups is 1. The van der Waals surface area contributed by atoms with E-state index >= 15 is 0 Å². The Bertz CT molecular complexity index is 95.0. The van der Waals surface area contributed by atoms with Crippen molar-refractivity contribution in [3.05, 3.63) is 0 Å². The molecule has 0 heterocycles. The van der Waals surface area contributed by atoms with E-state index in [1.165, 1.54) is 0 Å². The van der Waals surface area contributed by atoms with Crippen molar-refractivity contribution in [3.63, 3.8) is 0 Å². The van der Waals surface area contributed by atoms with Crippen LogP contribution in [0.1, 0.15) is 0 Å². The number of nitrogens with two attached hydrogens (primary N) is 1. The quantitative estimate of drug-likeness (QED) is 0.601. The normalized spacial score (nSPS) is 15.3. The second kappa shape index (κ2) is 3.75.